The first kappa shape index (κ1) is 16.2. The van der Waals surface area contributed by atoms with Crippen molar-refractivity contribution < 1.29 is 14.7 Å². The number of carboxylic acids is 1. The van der Waals surface area contributed by atoms with Crippen LogP contribution in [0.2, 0.25) is 0 Å². The van der Waals surface area contributed by atoms with E-state index in [0.29, 0.717) is 12.8 Å². The van der Waals surface area contributed by atoms with Gasteiger partial charge in [-0.15, -0.1) is 0 Å². The summed E-state index contributed by atoms with van der Waals surface area (Å²) in [5, 5.41) is 13.2. The van der Waals surface area contributed by atoms with Crippen LogP contribution in [0.5, 0.6) is 0 Å². The molecule has 0 spiro atoms. The molecule has 112 valence electrons. The second-order valence-corrected chi connectivity index (χ2v) is 5.29. The highest BCUT2D eigenvalue weighted by atomic mass is 16.4. The average molecular weight is 281 g/mol. The van der Waals surface area contributed by atoms with Crippen LogP contribution in [0.15, 0.2) is 0 Å². The van der Waals surface area contributed by atoms with Gasteiger partial charge < -0.3 is 10.0 Å². The highest BCUT2D eigenvalue weighted by molar-refractivity contribution is 5.77. The van der Waals surface area contributed by atoms with Crippen LogP contribution in [0.3, 0.4) is 0 Å². The van der Waals surface area contributed by atoms with E-state index in [1.165, 1.54) is 4.90 Å². The fourth-order valence-electron chi connectivity index (χ4n) is 2.19. The van der Waals surface area contributed by atoms with Crippen molar-refractivity contribution in [2.75, 3.05) is 13.6 Å². The van der Waals surface area contributed by atoms with Crippen molar-refractivity contribution >= 4 is 11.9 Å². The minimum atomic E-state index is -0.886. The Morgan fingerprint density at radius 3 is 2.45 bits per heavy atom. The molecule has 6 nitrogen and oxygen atoms in total. The zero-order chi connectivity index (χ0) is 15.4. The molecule has 1 rings (SSSR count). The van der Waals surface area contributed by atoms with E-state index in [2.05, 4.69) is 5.10 Å². The molecule has 0 aliphatic carbocycles. The molecule has 1 heterocycles. The lowest BCUT2D eigenvalue weighted by Crippen LogP contribution is -2.33. The number of carbonyl (C=O) groups excluding carboxylic acids is 1. The van der Waals surface area contributed by atoms with E-state index in [-0.39, 0.29) is 12.5 Å². The van der Waals surface area contributed by atoms with Crippen molar-refractivity contribution in [1.82, 2.24) is 14.7 Å². The van der Waals surface area contributed by atoms with E-state index in [1.807, 2.05) is 25.6 Å². The number of aromatic nitrogens is 2. The molecule has 0 fully saturated rings. The van der Waals surface area contributed by atoms with Crippen LogP contribution in [0, 0.1) is 19.8 Å². The first-order chi connectivity index (χ1) is 9.23. The van der Waals surface area contributed by atoms with Crippen LogP contribution >= 0.6 is 0 Å². The molecule has 0 radical (unpaired) electrons. The first-order valence-electron chi connectivity index (χ1n) is 6.69. The number of carboxylic acid groups (broad SMARTS) is 1. The standard InChI is InChI=1S/C14H23N3O3/c1-9(14(19)20)8-16(4)13(18)7-6-12-10(2)15-17(5)11(12)3/h9H,6-8H2,1-5H3,(H,19,20). The summed E-state index contributed by atoms with van der Waals surface area (Å²) in [4.78, 5) is 24.3. The number of hydrogen-bond acceptors (Lipinski definition) is 3. The molecule has 0 saturated heterocycles. The molecule has 0 aromatic carbocycles. The lowest BCUT2D eigenvalue weighted by molar-refractivity contribution is -0.142. The van der Waals surface area contributed by atoms with E-state index in [4.69, 9.17) is 5.11 Å². The molecule has 1 aromatic heterocycles. The normalized spacial score (nSPS) is 12.2. The molecule has 1 aromatic rings. The van der Waals surface area contributed by atoms with Crippen molar-refractivity contribution in [2.24, 2.45) is 13.0 Å². The van der Waals surface area contributed by atoms with Gasteiger partial charge in [-0.05, 0) is 25.8 Å². The Bertz CT molecular complexity index is 508. The molecule has 0 aliphatic heterocycles. The predicted molar refractivity (Wildman–Crippen MR) is 75.4 cm³/mol. The van der Waals surface area contributed by atoms with E-state index in [1.54, 1.807) is 14.0 Å². The second kappa shape index (κ2) is 6.54. The van der Waals surface area contributed by atoms with Crippen molar-refractivity contribution in [3.8, 4) is 0 Å². The van der Waals surface area contributed by atoms with Gasteiger partial charge in [-0.1, -0.05) is 6.92 Å². The Hall–Kier alpha value is -1.85. The van der Waals surface area contributed by atoms with Gasteiger partial charge in [-0.25, -0.2) is 0 Å². The van der Waals surface area contributed by atoms with Gasteiger partial charge in [0.25, 0.3) is 0 Å². The number of aliphatic carboxylic acids is 1. The van der Waals surface area contributed by atoms with Crippen LogP contribution in [-0.2, 0) is 23.1 Å². The van der Waals surface area contributed by atoms with E-state index >= 15 is 0 Å². The van der Waals surface area contributed by atoms with Gasteiger partial charge in [0, 0.05) is 32.8 Å². The highest BCUT2D eigenvalue weighted by Crippen LogP contribution is 2.14. The quantitative estimate of drug-likeness (QED) is 0.848. The third kappa shape index (κ3) is 3.82. The lowest BCUT2D eigenvalue weighted by atomic mass is 10.1. The number of amides is 1. The number of hydrogen-bond donors (Lipinski definition) is 1. The fourth-order valence-corrected chi connectivity index (χ4v) is 2.19. The predicted octanol–water partition coefficient (Wildman–Crippen LogP) is 1.15. The SMILES string of the molecule is Cc1nn(C)c(C)c1CCC(=O)N(C)CC(C)C(=O)O. The maximum absolute atomic E-state index is 12.0. The summed E-state index contributed by atoms with van der Waals surface area (Å²) in [6.07, 6.45) is 1.01. The van der Waals surface area contributed by atoms with Crippen LogP contribution < -0.4 is 0 Å². The Morgan fingerprint density at radius 1 is 1.40 bits per heavy atom. The number of carbonyl (C=O) groups is 2. The van der Waals surface area contributed by atoms with Gasteiger partial charge >= 0.3 is 5.97 Å². The summed E-state index contributed by atoms with van der Waals surface area (Å²) in [5.41, 5.74) is 3.11. The topological polar surface area (TPSA) is 75.4 Å². The van der Waals surface area contributed by atoms with E-state index < -0.39 is 11.9 Å². The Kier molecular flexibility index (Phi) is 5.30. The Morgan fingerprint density at radius 2 is 2.00 bits per heavy atom. The molecule has 0 bridgehead atoms. The largest absolute Gasteiger partial charge is 0.481 e. The maximum atomic E-state index is 12.0. The molecular formula is C14H23N3O3. The van der Waals surface area contributed by atoms with Crippen molar-refractivity contribution in [2.45, 2.75) is 33.6 Å². The monoisotopic (exact) mass is 281 g/mol. The van der Waals surface area contributed by atoms with E-state index in [0.717, 1.165) is 17.0 Å². The van der Waals surface area contributed by atoms with Gasteiger partial charge in [0.05, 0.1) is 11.6 Å². The second-order valence-electron chi connectivity index (χ2n) is 5.29. The lowest BCUT2D eigenvalue weighted by Gasteiger charge is -2.19. The summed E-state index contributed by atoms with van der Waals surface area (Å²) in [5.74, 6) is -1.48. The number of rotatable bonds is 6. The molecule has 0 aliphatic rings. The molecule has 1 atom stereocenters. The van der Waals surface area contributed by atoms with Crippen molar-refractivity contribution in [3.05, 3.63) is 17.0 Å². The van der Waals surface area contributed by atoms with E-state index in [9.17, 15) is 9.59 Å². The molecule has 1 unspecified atom stereocenters. The minimum absolute atomic E-state index is 0.0410. The Balaban J connectivity index is 2.57. The molecule has 6 heteroatoms. The molecule has 1 N–H and O–H groups in total. The van der Waals surface area contributed by atoms with Gasteiger partial charge in [-0.2, -0.15) is 5.10 Å². The Labute approximate surface area is 119 Å². The van der Waals surface area contributed by atoms with Crippen LogP contribution in [-0.4, -0.2) is 45.3 Å². The smallest absolute Gasteiger partial charge is 0.308 e. The molecule has 20 heavy (non-hydrogen) atoms. The zero-order valence-electron chi connectivity index (χ0n) is 12.8. The third-order valence-electron chi connectivity index (χ3n) is 3.64. The van der Waals surface area contributed by atoms with Gasteiger partial charge in [0.1, 0.15) is 0 Å². The summed E-state index contributed by atoms with van der Waals surface area (Å²) in [7, 11) is 3.53. The van der Waals surface area contributed by atoms with Gasteiger partial charge in [0.2, 0.25) is 5.91 Å². The van der Waals surface area contributed by atoms with Gasteiger partial charge in [0.15, 0.2) is 0 Å². The first-order valence-corrected chi connectivity index (χ1v) is 6.69. The molecular weight excluding hydrogens is 258 g/mol. The summed E-state index contributed by atoms with van der Waals surface area (Å²) < 4.78 is 1.81. The molecule has 0 saturated carbocycles. The minimum Gasteiger partial charge on any atom is -0.481 e. The average Bonchev–Trinajstić information content (AvgIpc) is 2.60. The number of aryl methyl sites for hydroxylation is 2. The van der Waals surface area contributed by atoms with Crippen LogP contribution in [0.4, 0.5) is 0 Å². The zero-order valence-corrected chi connectivity index (χ0v) is 12.8. The van der Waals surface area contributed by atoms with Crippen molar-refractivity contribution in [1.29, 1.82) is 0 Å². The summed E-state index contributed by atoms with van der Waals surface area (Å²) >= 11 is 0. The van der Waals surface area contributed by atoms with Gasteiger partial charge in [-0.3, -0.25) is 14.3 Å². The maximum Gasteiger partial charge on any atom is 0.308 e. The van der Waals surface area contributed by atoms with Crippen molar-refractivity contribution in [3.63, 3.8) is 0 Å². The summed E-state index contributed by atoms with van der Waals surface area (Å²) in [6, 6.07) is 0. The van der Waals surface area contributed by atoms with Crippen LogP contribution in [0.25, 0.3) is 0 Å². The third-order valence-corrected chi connectivity index (χ3v) is 3.64. The molecule has 1 amide bonds. The number of nitrogens with zero attached hydrogens (tertiary/aromatic N) is 3. The van der Waals surface area contributed by atoms with Crippen LogP contribution in [0.1, 0.15) is 30.3 Å². The fraction of sp³-hybridized carbons (Fsp3) is 0.643. The summed E-state index contributed by atoms with van der Waals surface area (Å²) in [6.45, 7) is 5.75. The highest BCUT2D eigenvalue weighted by Gasteiger charge is 2.18.